The SMILES string of the molecule is CCOC(OC)c1nc2c(=O)n(Cc3ccccc3)cnc2n1Cc1ccccc1. The lowest BCUT2D eigenvalue weighted by Gasteiger charge is -2.16. The number of methoxy groups -OCH3 is 1. The summed E-state index contributed by atoms with van der Waals surface area (Å²) in [5, 5.41) is 0. The molecule has 4 aromatic rings. The standard InChI is InChI=1S/C23H24N4O3/c1-3-30-23(29-2)21-25-19-20(27(21)15-18-12-8-5-9-13-18)24-16-26(22(19)28)14-17-10-6-4-7-11-17/h4-13,16,23H,3,14-15H2,1-2H3. The maximum atomic E-state index is 13.2. The maximum absolute atomic E-state index is 13.2. The van der Waals surface area contributed by atoms with Crippen molar-refractivity contribution in [3.63, 3.8) is 0 Å². The van der Waals surface area contributed by atoms with Gasteiger partial charge in [0.05, 0.1) is 13.1 Å². The van der Waals surface area contributed by atoms with Gasteiger partial charge in [-0.15, -0.1) is 0 Å². The molecule has 2 aromatic heterocycles. The molecule has 0 spiro atoms. The Morgan fingerprint density at radius 3 is 2.20 bits per heavy atom. The van der Waals surface area contributed by atoms with E-state index in [4.69, 9.17) is 9.47 Å². The van der Waals surface area contributed by atoms with Crippen LogP contribution in [0.2, 0.25) is 0 Å². The maximum Gasteiger partial charge on any atom is 0.281 e. The zero-order valence-electron chi connectivity index (χ0n) is 17.1. The van der Waals surface area contributed by atoms with Crippen LogP contribution < -0.4 is 5.56 Å². The summed E-state index contributed by atoms with van der Waals surface area (Å²) in [7, 11) is 1.56. The fourth-order valence-electron chi connectivity index (χ4n) is 3.44. The van der Waals surface area contributed by atoms with Crippen molar-refractivity contribution in [1.29, 1.82) is 0 Å². The number of aromatic nitrogens is 4. The first-order valence-electron chi connectivity index (χ1n) is 9.89. The molecular formula is C23H24N4O3. The molecule has 7 nitrogen and oxygen atoms in total. The number of hydrogen-bond acceptors (Lipinski definition) is 5. The Morgan fingerprint density at radius 2 is 1.60 bits per heavy atom. The first kappa shape index (κ1) is 20.0. The van der Waals surface area contributed by atoms with Gasteiger partial charge in [-0.3, -0.25) is 9.36 Å². The molecule has 154 valence electrons. The first-order chi connectivity index (χ1) is 14.7. The molecule has 0 amide bonds. The van der Waals surface area contributed by atoms with Crippen LogP contribution >= 0.6 is 0 Å². The van der Waals surface area contributed by atoms with E-state index in [9.17, 15) is 4.79 Å². The molecule has 0 saturated heterocycles. The molecule has 0 N–H and O–H groups in total. The van der Waals surface area contributed by atoms with Gasteiger partial charge in [-0.2, -0.15) is 0 Å². The van der Waals surface area contributed by atoms with E-state index in [0.29, 0.717) is 36.7 Å². The van der Waals surface area contributed by atoms with Crippen molar-refractivity contribution in [3.05, 3.63) is 94.3 Å². The molecule has 0 saturated carbocycles. The minimum absolute atomic E-state index is 0.191. The van der Waals surface area contributed by atoms with Gasteiger partial charge in [0.15, 0.2) is 17.0 Å². The zero-order valence-corrected chi connectivity index (χ0v) is 17.1. The number of benzene rings is 2. The van der Waals surface area contributed by atoms with E-state index in [0.717, 1.165) is 11.1 Å². The second-order valence-corrected chi connectivity index (χ2v) is 6.90. The van der Waals surface area contributed by atoms with Crippen LogP contribution in [-0.4, -0.2) is 32.8 Å². The van der Waals surface area contributed by atoms with Gasteiger partial charge in [0, 0.05) is 13.7 Å². The van der Waals surface area contributed by atoms with Crippen LogP contribution in [0.15, 0.2) is 71.8 Å². The van der Waals surface area contributed by atoms with E-state index in [-0.39, 0.29) is 5.56 Å². The number of rotatable bonds is 8. The van der Waals surface area contributed by atoms with Crippen LogP contribution in [0.3, 0.4) is 0 Å². The third kappa shape index (κ3) is 4.03. The molecule has 30 heavy (non-hydrogen) atoms. The number of ether oxygens (including phenoxy) is 2. The second-order valence-electron chi connectivity index (χ2n) is 6.90. The fourth-order valence-corrected chi connectivity index (χ4v) is 3.44. The minimum atomic E-state index is -0.685. The van der Waals surface area contributed by atoms with Crippen molar-refractivity contribution in [3.8, 4) is 0 Å². The summed E-state index contributed by atoms with van der Waals surface area (Å²) in [5.41, 5.74) is 2.72. The predicted octanol–water partition coefficient (Wildman–Crippen LogP) is 3.37. The van der Waals surface area contributed by atoms with Crippen molar-refractivity contribution in [2.45, 2.75) is 26.3 Å². The molecule has 1 unspecified atom stereocenters. The Hall–Kier alpha value is -3.29. The highest BCUT2D eigenvalue weighted by Crippen LogP contribution is 2.22. The highest BCUT2D eigenvalue weighted by atomic mass is 16.7. The average Bonchev–Trinajstić information content (AvgIpc) is 3.14. The summed E-state index contributed by atoms with van der Waals surface area (Å²) in [6.07, 6.45) is 0.891. The smallest absolute Gasteiger partial charge is 0.281 e. The lowest BCUT2D eigenvalue weighted by Crippen LogP contribution is -2.21. The number of imidazole rings is 1. The molecule has 1 atom stereocenters. The summed E-state index contributed by atoms with van der Waals surface area (Å²) in [6, 6.07) is 19.8. The average molecular weight is 404 g/mol. The van der Waals surface area contributed by atoms with Crippen molar-refractivity contribution in [2.75, 3.05) is 13.7 Å². The lowest BCUT2D eigenvalue weighted by molar-refractivity contribution is -0.130. The van der Waals surface area contributed by atoms with Crippen LogP contribution in [0.25, 0.3) is 11.2 Å². The fraction of sp³-hybridized carbons (Fsp3) is 0.261. The zero-order chi connectivity index (χ0) is 20.9. The van der Waals surface area contributed by atoms with Crippen molar-refractivity contribution in [1.82, 2.24) is 19.1 Å². The molecule has 0 radical (unpaired) electrons. The molecule has 0 aliphatic carbocycles. The van der Waals surface area contributed by atoms with E-state index >= 15 is 0 Å². The Kier molecular flexibility index (Phi) is 6.02. The summed E-state index contributed by atoms with van der Waals surface area (Å²) >= 11 is 0. The summed E-state index contributed by atoms with van der Waals surface area (Å²) in [4.78, 5) is 22.4. The molecule has 0 aliphatic heterocycles. The molecule has 0 bridgehead atoms. The normalized spacial score (nSPS) is 12.3. The summed E-state index contributed by atoms with van der Waals surface area (Å²) in [6.45, 7) is 3.29. The molecule has 2 heterocycles. The topological polar surface area (TPSA) is 71.2 Å². The van der Waals surface area contributed by atoms with Crippen molar-refractivity contribution in [2.24, 2.45) is 0 Å². The van der Waals surface area contributed by atoms with Gasteiger partial charge in [0.25, 0.3) is 5.56 Å². The molecular weight excluding hydrogens is 380 g/mol. The summed E-state index contributed by atoms with van der Waals surface area (Å²) < 4.78 is 14.7. The van der Waals surface area contributed by atoms with Crippen molar-refractivity contribution >= 4 is 11.2 Å². The number of nitrogens with zero attached hydrogens (tertiary/aromatic N) is 4. The van der Waals surface area contributed by atoms with Gasteiger partial charge in [-0.05, 0) is 18.1 Å². The third-order valence-electron chi connectivity index (χ3n) is 4.88. The molecule has 4 rings (SSSR count). The van der Waals surface area contributed by atoms with E-state index < -0.39 is 6.29 Å². The Morgan fingerprint density at radius 1 is 0.967 bits per heavy atom. The second kappa shape index (κ2) is 9.02. The summed E-state index contributed by atoms with van der Waals surface area (Å²) in [5.74, 6) is 0.528. The van der Waals surface area contributed by atoms with E-state index in [1.165, 1.54) is 0 Å². The monoisotopic (exact) mass is 404 g/mol. The Balaban J connectivity index is 1.82. The van der Waals surface area contributed by atoms with Crippen LogP contribution in [0.1, 0.15) is 30.2 Å². The molecule has 0 aliphatic rings. The molecule has 2 aromatic carbocycles. The van der Waals surface area contributed by atoms with Crippen LogP contribution in [0.5, 0.6) is 0 Å². The van der Waals surface area contributed by atoms with Gasteiger partial charge in [-0.25, -0.2) is 9.97 Å². The Bertz CT molecular complexity index is 1170. The van der Waals surface area contributed by atoms with Gasteiger partial charge in [-0.1, -0.05) is 60.7 Å². The van der Waals surface area contributed by atoms with Gasteiger partial charge < -0.3 is 14.0 Å². The lowest BCUT2D eigenvalue weighted by atomic mass is 10.2. The van der Waals surface area contributed by atoms with E-state index in [1.54, 1.807) is 18.0 Å². The predicted molar refractivity (Wildman–Crippen MR) is 114 cm³/mol. The third-order valence-corrected chi connectivity index (χ3v) is 4.88. The Labute approximate surface area is 174 Å². The highest BCUT2D eigenvalue weighted by Gasteiger charge is 2.23. The van der Waals surface area contributed by atoms with Crippen LogP contribution in [-0.2, 0) is 22.6 Å². The van der Waals surface area contributed by atoms with E-state index in [2.05, 4.69) is 9.97 Å². The minimum Gasteiger partial charge on any atom is -0.349 e. The van der Waals surface area contributed by atoms with Gasteiger partial charge >= 0.3 is 0 Å². The van der Waals surface area contributed by atoms with Crippen molar-refractivity contribution < 1.29 is 9.47 Å². The van der Waals surface area contributed by atoms with Gasteiger partial charge in [0.2, 0.25) is 6.29 Å². The highest BCUT2D eigenvalue weighted by molar-refractivity contribution is 5.70. The van der Waals surface area contributed by atoms with Crippen LogP contribution in [0, 0.1) is 0 Å². The van der Waals surface area contributed by atoms with E-state index in [1.807, 2.05) is 72.2 Å². The first-order valence-corrected chi connectivity index (χ1v) is 9.89. The van der Waals surface area contributed by atoms with Crippen LogP contribution in [0.4, 0.5) is 0 Å². The number of hydrogen-bond donors (Lipinski definition) is 0. The molecule has 7 heteroatoms. The number of fused-ring (bicyclic) bond motifs is 1. The van der Waals surface area contributed by atoms with Gasteiger partial charge in [0.1, 0.15) is 6.33 Å². The molecule has 0 fully saturated rings. The largest absolute Gasteiger partial charge is 0.349 e. The quantitative estimate of drug-likeness (QED) is 0.421.